The summed E-state index contributed by atoms with van der Waals surface area (Å²) in [6.07, 6.45) is 5.66. The fraction of sp³-hybridized carbons (Fsp3) is 0.833. The molecular weight excluding hydrogens is 445 g/mol. The number of carbonyl (C=O) groups excluding carboxylic acids is 2. The van der Waals surface area contributed by atoms with Gasteiger partial charge >= 0.3 is 0 Å². The average Bonchev–Trinajstić information content (AvgIpc) is 2.65. The minimum atomic E-state index is 0. The smallest absolute Gasteiger partial charge is 0.223 e. The summed E-state index contributed by atoms with van der Waals surface area (Å²) in [4.78, 5) is 32.3. The molecule has 8 heteroatoms. The highest BCUT2D eigenvalue weighted by atomic mass is 127. The van der Waals surface area contributed by atoms with E-state index in [9.17, 15) is 9.59 Å². The van der Waals surface area contributed by atoms with E-state index in [1.807, 2.05) is 11.8 Å². The van der Waals surface area contributed by atoms with Crippen LogP contribution in [0, 0.1) is 5.92 Å². The maximum atomic E-state index is 12.1. The Labute approximate surface area is 174 Å². The lowest BCUT2D eigenvalue weighted by atomic mass is 9.89. The average molecular weight is 479 g/mol. The highest BCUT2D eigenvalue weighted by Gasteiger charge is 2.22. The molecule has 2 aliphatic rings. The Morgan fingerprint density at radius 1 is 1.00 bits per heavy atom. The first-order chi connectivity index (χ1) is 12.1. The highest BCUT2D eigenvalue weighted by molar-refractivity contribution is 14.0. The van der Waals surface area contributed by atoms with Gasteiger partial charge in [-0.2, -0.15) is 0 Å². The largest absolute Gasteiger partial charge is 0.357 e. The molecule has 1 saturated heterocycles. The van der Waals surface area contributed by atoms with Crippen LogP contribution in [-0.4, -0.2) is 73.4 Å². The third-order valence-corrected chi connectivity index (χ3v) is 5.01. The zero-order valence-corrected chi connectivity index (χ0v) is 18.5. The fourth-order valence-electron chi connectivity index (χ4n) is 3.51. The molecule has 0 aromatic heterocycles. The van der Waals surface area contributed by atoms with Crippen molar-refractivity contribution in [1.82, 2.24) is 20.4 Å². The van der Waals surface area contributed by atoms with E-state index in [-0.39, 0.29) is 41.7 Å². The van der Waals surface area contributed by atoms with E-state index in [4.69, 9.17) is 0 Å². The molecule has 7 nitrogen and oxygen atoms in total. The number of hydrogen-bond donors (Lipinski definition) is 2. The van der Waals surface area contributed by atoms with Crippen LogP contribution in [-0.2, 0) is 9.59 Å². The molecule has 0 aromatic carbocycles. The van der Waals surface area contributed by atoms with Crippen molar-refractivity contribution in [2.24, 2.45) is 10.9 Å². The molecule has 2 fully saturated rings. The zero-order valence-electron chi connectivity index (χ0n) is 16.1. The summed E-state index contributed by atoms with van der Waals surface area (Å²) < 4.78 is 0. The molecule has 2 amide bonds. The lowest BCUT2D eigenvalue weighted by Gasteiger charge is -2.36. The summed E-state index contributed by atoms with van der Waals surface area (Å²) in [5, 5.41) is 6.34. The third kappa shape index (κ3) is 7.28. The molecule has 0 aromatic rings. The van der Waals surface area contributed by atoms with E-state index in [1.165, 1.54) is 19.3 Å². The summed E-state index contributed by atoms with van der Waals surface area (Å²) in [6, 6.07) is 0. The van der Waals surface area contributed by atoms with Crippen LogP contribution in [0.25, 0.3) is 0 Å². The standard InChI is InChI=1S/C18H33N5O2.HI/c1-3-19-18(23-13-11-22(12-14-23)15(2)24)21-10-9-20-17(25)16-7-5-4-6-8-16;/h16H,3-14H2,1-2H3,(H,19,21)(H,20,25);1H. The van der Waals surface area contributed by atoms with Crippen molar-refractivity contribution >= 4 is 41.8 Å². The van der Waals surface area contributed by atoms with Crippen LogP contribution >= 0.6 is 24.0 Å². The summed E-state index contributed by atoms with van der Waals surface area (Å²) in [7, 11) is 0. The van der Waals surface area contributed by atoms with Crippen LogP contribution in [0.2, 0.25) is 0 Å². The van der Waals surface area contributed by atoms with E-state index in [0.717, 1.165) is 51.5 Å². The highest BCUT2D eigenvalue weighted by Crippen LogP contribution is 2.23. The number of halogens is 1. The summed E-state index contributed by atoms with van der Waals surface area (Å²) in [5.41, 5.74) is 0. The Morgan fingerprint density at radius 3 is 2.19 bits per heavy atom. The van der Waals surface area contributed by atoms with Crippen LogP contribution < -0.4 is 10.6 Å². The van der Waals surface area contributed by atoms with Gasteiger partial charge in [0.1, 0.15) is 0 Å². The van der Waals surface area contributed by atoms with Gasteiger partial charge in [-0.3, -0.25) is 14.6 Å². The Morgan fingerprint density at radius 2 is 1.62 bits per heavy atom. The van der Waals surface area contributed by atoms with Crippen LogP contribution in [0.1, 0.15) is 46.0 Å². The monoisotopic (exact) mass is 479 g/mol. The molecule has 0 bridgehead atoms. The van der Waals surface area contributed by atoms with Crippen LogP contribution in [0.5, 0.6) is 0 Å². The topological polar surface area (TPSA) is 77.0 Å². The van der Waals surface area contributed by atoms with Gasteiger partial charge in [0.15, 0.2) is 5.96 Å². The van der Waals surface area contributed by atoms with Crippen molar-refractivity contribution in [2.75, 3.05) is 45.8 Å². The summed E-state index contributed by atoms with van der Waals surface area (Å²) in [6.45, 7) is 8.68. The molecule has 0 radical (unpaired) electrons. The van der Waals surface area contributed by atoms with E-state index in [1.54, 1.807) is 6.92 Å². The Hall–Kier alpha value is -1.06. The van der Waals surface area contributed by atoms with E-state index >= 15 is 0 Å². The first-order valence-corrected chi connectivity index (χ1v) is 9.68. The lowest BCUT2D eigenvalue weighted by molar-refractivity contribution is -0.130. The number of hydrogen-bond acceptors (Lipinski definition) is 3. The predicted molar refractivity (Wildman–Crippen MR) is 115 cm³/mol. The summed E-state index contributed by atoms with van der Waals surface area (Å²) in [5.74, 6) is 1.39. The number of piperazine rings is 1. The van der Waals surface area contributed by atoms with Gasteiger partial charge in [0, 0.05) is 52.1 Å². The number of aliphatic imine (C=N–C) groups is 1. The Bertz CT molecular complexity index is 472. The van der Waals surface area contributed by atoms with Gasteiger partial charge < -0.3 is 20.4 Å². The second kappa shape index (κ2) is 12.3. The van der Waals surface area contributed by atoms with Crippen LogP contribution in [0.3, 0.4) is 0 Å². The van der Waals surface area contributed by atoms with Crippen molar-refractivity contribution in [2.45, 2.75) is 46.0 Å². The molecule has 26 heavy (non-hydrogen) atoms. The van der Waals surface area contributed by atoms with Gasteiger partial charge in [-0.15, -0.1) is 24.0 Å². The molecule has 0 spiro atoms. The normalized spacial score (nSPS) is 18.9. The van der Waals surface area contributed by atoms with Crippen molar-refractivity contribution in [1.29, 1.82) is 0 Å². The molecule has 1 heterocycles. The predicted octanol–water partition coefficient (Wildman–Crippen LogP) is 1.43. The Kier molecular flexibility index (Phi) is 10.9. The van der Waals surface area contributed by atoms with Crippen molar-refractivity contribution in [3.63, 3.8) is 0 Å². The number of rotatable bonds is 5. The maximum Gasteiger partial charge on any atom is 0.223 e. The van der Waals surface area contributed by atoms with Crippen molar-refractivity contribution < 1.29 is 9.59 Å². The fourth-order valence-corrected chi connectivity index (χ4v) is 3.51. The first kappa shape index (κ1) is 23.0. The van der Waals surface area contributed by atoms with Crippen LogP contribution in [0.15, 0.2) is 4.99 Å². The van der Waals surface area contributed by atoms with E-state index in [2.05, 4.69) is 20.5 Å². The third-order valence-electron chi connectivity index (χ3n) is 5.01. The zero-order chi connectivity index (χ0) is 18.1. The SMILES string of the molecule is CCNC(=NCCNC(=O)C1CCCCC1)N1CCN(C(C)=O)CC1.I. The molecule has 2 N–H and O–H groups in total. The number of guanidine groups is 1. The minimum absolute atomic E-state index is 0. The molecule has 1 aliphatic heterocycles. The molecule has 0 unspecified atom stereocenters. The first-order valence-electron chi connectivity index (χ1n) is 9.68. The minimum Gasteiger partial charge on any atom is -0.357 e. The molecule has 1 aliphatic carbocycles. The number of nitrogens with zero attached hydrogens (tertiary/aromatic N) is 3. The van der Waals surface area contributed by atoms with E-state index in [0.29, 0.717) is 13.1 Å². The second-order valence-electron chi connectivity index (χ2n) is 6.85. The molecule has 0 atom stereocenters. The van der Waals surface area contributed by atoms with Crippen molar-refractivity contribution in [3.05, 3.63) is 0 Å². The number of amides is 2. The molecule has 150 valence electrons. The van der Waals surface area contributed by atoms with Crippen LogP contribution in [0.4, 0.5) is 0 Å². The lowest BCUT2D eigenvalue weighted by Crippen LogP contribution is -2.53. The maximum absolute atomic E-state index is 12.1. The van der Waals surface area contributed by atoms with Gasteiger partial charge in [-0.05, 0) is 19.8 Å². The quantitative estimate of drug-likeness (QED) is 0.271. The van der Waals surface area contributed by atoms with Gasteiger partial charge in [0.25, 0.3) is 0 Å². The Balaban J connectivity index is 0.00000338. The van der Waals surface area contributed by atoms with Gasteiger partial charge in [0.05, 0.1) is 6.54 Å². The summed E-state index contributed by atoms with van der Waals surface area (Å²) >= 11 is 0. The number of carbonyl (C=O) groups is 2. The van der Waals surface area contributed by atoms with E-state index < -0.39 is 0 Å². The van der Waals surface area contributed by atoms with Gasteiger partial charge in [-0.25, -0.2) is 0 Å². The molecular formula is C18H34IN5O2. The second-order valence-corrected chi connectivity index (χ2v) is 6.85. The molecule has 1 saturated carbocycles. The van der Waals surface area contributed by atoms with Crippen molar-refractivity contribution in [3.8, 4) is 0 Å². The molecule has 2 rings (SSSR count). The van der Waals surface area contributed by atoms with Gasteiger partial charge in [0.2, 0.25) is 11.8 Å². The number of nitrogens with one attached hydrogen (secondary N) is 2. The van der Waals surface area contributed by atoms with Gasteiger partial charge in [-0.1, -0.05) is 19.3 Å².